The maximum Gasteiger partial charge on any atom is 0.318 e. The fraction of sp³-hybridized carbons (Fsp3) is 0.312. The van der Waals surface area contributed by atoms with Gasteiger partial charge in [0.25, 0.3) is 0 Å². The van der Waals surface area contributed by atoms with Gasteiger partial charge in [-0.05, 0) is 47.5 Å². The predicted molar refractivity (Wildman–Crippen MR) is 158 cm³/mol. The lowest BCUT2D eigenvalue weighted by molar-refractivity contribution is -0.120. The molecule has 1 aromatic heterocycles. The molecule has 4 aromatic rings. The van der Waals surface area contributed by atoms with Crippen LogP contribution in [0.5, 0.6) is 5.75 Å². The van der Waals surface area contributed by atoms with Crippen LogP contribution in [0.2, 0.25) is 0 Å². The number of rotatable bonds is 8. The summed E-state index contributed by atoms with van der Waals surface area (Å²) >= 11 is 0. The van der Waals surface area contributed by atoms with Crippen molar-refractivity contribution < 1.29 is 18.7 Å². The first-order chi connectivity index (χ1) is 19.9. The number of benzene rings is 3. The van der Waals surface area contributed by atoms with Crippen LogP contribution in [0.25, 0.3) is 10.9 Å². The van der Waals surface area contributed by atoms with Gasteiger partial charge in [0.2, 0.25) is 5.91 Å². The van der Waals surface area contributed by atoms with E-state index < -0.39 is 6.04 Å². The molecule has 0 spiro atoms. The van der Waals surface area contributed by atoms with E-state index in [0.717, 1.165) is 22.0 Å². The number of nitrogens with two attached hydrogens (primary N) is 1. The number of nitrogens with one attached hydrogen (secondary N) is 2. The minimum absolute atomic E-state index is 0.0778. The molecule has 0 saturated carbocycles. The number of hydrogen-bond acceptors (Lipinski definition) is 4. The van der Waals surface area contributed by atoms with Gasteiger partial charge in [-0.1, -0.05) is 43.3 Å². The topological polar surface area (TPSA) is 104 Å². The highest BCUT2D eigenvalue weighted by molar-refractivity contribution is 6.00. The lowest BCUT2D eigenvalue weighted by atomic mass is 9.91. The van der Waals surface area contributed by atoms with E-state index in [0.29, 0.717) is 37.4 Å². The van der Waals surface area contributed by atoms with Gasteiger partial charge in [-0.15, -0.1) is 0 Å². The zero-order valence-electron chi connectivity index (χ0n) is 23.3. The summed E-state index contributed by atoms with van der Waals surface area (Å²) in [6, 6.07) is 20.3. The average Bonchev–Trinajstić information content (AvgIpc) is 3.44. The summed E-state index contributed by atoms with van der Waals surface area (Å²) in [5.41, 5.74) is 9.44. The van der Waals surface area contributed by atoms with E-state index in [1.807, 2.05) is 61.7 Å². The molecule has 5 rings (SSSR count). The number of likely N-dealkylation sites (tertiary alicyclic amines) is 1. The molecule has 0 radical (unpaired) electrons. The Hall–Kier alpha value is -4.37. The normalized spacial score (nSPS) is 15.4. The van der Waals surface area contributed by atoms with Crippen LogP contribution < -0.4 is 20.7 Å². The van der Waals surface area contributed by atoms with Crippen molar-refractivity contribution >= 4 is 28.5 Å². The van der Waals surface area contributed by atoms with Crippen molar-refractivity contribution in [3.05, 3.63) is 95.9 Å². The number of piperidine rings is 1. The van der Waals surface area contributed by atoms with Crippen molar-refractivity contribution in [2.24, 2.45) is 5.73 Å². The van der Waals surface area contributed by atoms with E-state index in [1.165, 1.54) is 12.1 Å². The van der Waals surface area contributed by atoms with Gasteiger partial charge in [0, 0.05) is 68.2 Å². The molecule has 214 valence electrons. The van der Waals surface area contributed by atoms with Crippen molar-refractivity contribution in [2.75, 3.05) is 25.0 Å². The number of aromatic amines is 1. The second-order valence-corrected chi connectivity index (χ2v) is 10.5. The molecule has 8 nitrogen and oxygen atoms in total. The Morgan fingerprint density at radius 1 is 1.07 bits per heavy atom. The second kappa shape index (κ2) is 12.4. The maximum atomic E-state index is 14.1. The van der Waals surface area contributed by atoms with Crippen molar-refractivity contribution in [3.63, 3.8) is 0 Å². The van der Waals surface area contributed by atoms with Crippen molar-refractivity contribution in [1.29, 1.82) is 0 Å². The minimum Gasteiger partial charge on any atom is -0.490 e. The lowest BCUT2D eigenvalue weighted by Gasteiger charge is -2.35. The Morgan fingerprint density at radius 2 is 1.76 bits per heavy atom. The Labute approximate surface area is 239 Å². The first kappa shape index (κ1) is 28.2. The highest BCUT2D eigenvalue weighted by atomic mass is 19.1. The van der Waals surface area contributed by atoms with E-state index in [9.17, 15) is 14.0 Å². The number of urea groups is 1. The lowest BCUT2D eigenvalue weighted by Crippen LogP contribution is -2.55. The molecule has 1 aliphatic rings. The SMILES string of the molecule is CC(c1c[nH]c2ccccc12)C(NC(=O)N1CCC(Oc2ccc(F)cc2)CC1)C(=O)N(C)c1ccccc1CN. The van der Waals surface area contributed by atoms with E-state index in [4.69, 9.17) is 10.5 Å². The average molecular weight is 558 g/mol. The molecule has 2 heterocycles. The number of hydrogen-bond donors (Lipinski definition) is 3. The van der Waals surface area contributed by atoms with E-state index in [-0.39, 0.29) is 36.3 Å². The molecule has 3 amide bonds. The van der Waals surface area contributed by atoms with Gasteiger partial charge in [-0.25, -0.2) is 9.18 Å². The molecule has 4 N–H and O–H groups in total. The number of nitrogens with zero attached hydrogens (tertiary/aromatic N) is 2. The van der Waals surface area contributed by atoms with Gasteiger partial charge in [-0.3, -0.25) is 4.79 Å². The number of aromatic nitrogens is 1. The number of likely N-dealkylation sites (N-methyl/N-ethyl adjacent to an activating group) is 1. The van der Waals surface area contributed by atoms with Crippen molar-refractivity contribution in [2.45, 2.75) is 44.4 Å². The summed E-state index contributed by atoms with van der Waals surface area (Å²) in [4.78, 5) is 34.2. The molecule has 1 aliphatic heterocycles. The van der Waals surface area contributed by atoms with Crippen LogP contribution in [-0.2, 0) is 11.3 Å². The van der Waals surface area contributed by atoms with Gasteiger partial charge in [-0.2, -0.15) is 0 Å². The number of carbonyl (C=O) groups excluding carboxylic acids is 2. The summed E-state index contributed by atoms with van der Waals surface area (Å²) in [6.45, 7) is 3.21. The van der Waals surface area contributed by atoms with Crippen LogP contribution >= 0.6 is 0 Å². The number of carbonyl (C=O) groups is 2. The summed E-state index contributed by atoms with van der Waals surface area (Å²) in [5, 5.41) is 4.08. The predicted octanol–water partition coefficient (Wildman–Crippen LogP) is 5.15. The smallest absolute Gasteiger partial charge is 0.318 e. The highest BCUT2D eigenvalue weighted by Gasteiger charge is 2.34. The number of halogens is 1. The van der Waals surface area contributed by atoms with Crippen LogP contribution in [0.3, 0.4) is 0 Å². The third-order valence-corrected chi connectivity index (χ3v) is 7.91. The van der Waals surface area contributed by atoms with Gasteiger partial charge in [0.15, 0.2) is 0 Å². The van der Waals surface area contributed by atoms with Gasteiger partial charge in [0.1, 0.15) is 23.7 Å². The van der Waals surface area contributed by atoms with Crippen LogP contribution in [0.15, 0.2) is 79.0 Å². The zero-order valence-corrected chi connectivity index (χ0v) is 23.3. The number of fused-ring (bicyclic) bond motifs is 1. The Balaban J connectivity index is 1.33. The molecule has 2 atom stereocenters. The first-order valence-corrected chi connectivity index (χ1v) is 13.9. The molecule has 41 heavy (non-hydrogen) atoms. The fourth-order valence-electron chi connectivity index (χ4n) is 5.50. The van der Waals surface area contributed by atoms with E-state index >= 15 is 0 Å². The van der Waals surface area contributed by atoms with Crippen LogP contribution in [-0.4, -0.2) is 54.1 Å². The molecule has 0 bridgehead atoms. The van der Waals surface area contributed by atoms with Crippen LogP contribution in [0.1, 0.15) is 36.8 Å². The van der Waals surface area contributed by atoms with Crippen molar-refractivity contribution in [3.8, 4) is 5.75 Å². The molecule has 2 unspecified atom stereocenters. The van der Waals surface area contributed by atoms with Crippen LogP contribution in [0.4, 0.5) is 14.9 Å². The molecular formula is C32H36FN5O3. The molecule has 0 aliphatic carbocycles. The zero-order chi connectivity index (χ0) is 28.9. The Bertz CT molecular complexity index is 1500. The number of para-hydroxylation sites is 2. The fourth-order valence-corrected chi connectivity index (χ4v) is 5.50. The number of H-pyrrole nitrogens is 1. The molecular weight excluding hydrogens is 521 g/mol. The van der Waals surface area contributed by atoms with Gasteiger partial charge in [0.05, 0.1) is 0 Å². The minimum atomic E-state index is -0.828. The monoisotopic (exact) mass is 557 g/mol. The summed E-state index contributed by atoms with van der Waals surface area (Å²) in [5.74, 6) is -0.263. The van der Waals surface area contributed by atoms with Crippen molar-refractivity contribution in [1.82, 2.24) is 15.2 Å². The number of amides is 3. The molecule has 1 fully saturated rings. The summed E-state index contributed by atoms with van der Waals surface area (Å²) in [7, 11) is 1.72. The van der Waals surface area contributed by atoms with Gasteiger partial charge >= 0.3 is 6.03 Å². The number of ether oxygens (including phenoxy) is 1. The van der Waals surface area contributed by atoms with E-state index in [2.05, 4.69) is 10.3 Å². The molecule has 3 aromatic carbocycles. The molecule has 9 heteroatoms. The third kappa shape index (κ3) is 6.20. The molecule has 1 saturated heterocycles. The largest absolute Gasteiger partial charge is 0.490 e. The van der Waals surface area contributed by atoms with E-state index in [1.54, 1.807) is 29.0 Å². The standard InChI is InChI=1S/C32H36FN5O3/c1-21(27-20-35-28-9-5-4-8-26(27)28)30(31(39)37(2)29-10-6-3-7-22(29)19-34)36-32(40)38-17-15-25(16-18-38)41-24-13-11-23(33)12-14-24/h3-14,20-21,25,30,35H,15-19,34H2,1-2H3,(H,36,40). The summed E-state index contributed by atoms with van der Waals surface area (Å²) in [6.07, 6.45) is 3.09. The third-order valence-electron chi connectivity index (χ3n) is 7.91. The van der Waals surface area contributed by atoms with Crippen LogP contribution in [0, 0.1) is 5.82 Å². The first-order valence-electron chi connectivity index (χ1n) is 13.9. The number of anilines is 1. The summed E-state index contributed by atoms with van der Waals surface area (Å²) < 4.78 is 19.2. The second-order valence-electron chi connectivity index (χ2n) is 10.5. The Morgan fingerprint density at radius 3 is 2.49 bits per heavy atom. The van der Waals surface area contributed by atoms with Gasteiger partial charge < -0.3 is 30.6 Å². The maximum absolute atomic E-state index is 14.1. The Kier molecular flexibility index (Phi) is 8.54. The quantitative estimate of drug-likeness (QED) is 0.279. The highest BCUT2D eigenvalue weighted by Crippen LogP contribution is 2.30.